The molecule has 0 amide bonds. The van der Waals surface area contributed by atoms with Crippen LogP contribution in [-0.2, 0) is 13.6 Å². The average Bonchev–Trinajstić information content (AvgIpc) is 2.97. The van der Waals surface area contributed by atoms with Crippen molar-refractivity contribution in [1.82, 2.24) is 14.1 Å². The summed E-state index contributed by atoms with van der Waals surface area (Å²) in [6.07, 6.45) is 2.87. The van der Waals surface area contributed by atoms with Crippen molar-refractivity contribution in [3.63, 3.8) is 0 Å². The third-order valence-corrected chi connectivity index (χ3v) is 3.24. The molecule has 0 unspecified atom stereocenters. The summed E-state index contributed by atoms with van der Waals surface area (Å²) in [4.78, 5) is 27.6. The fourth-order valence-corrected chi connectivity index (χ4v) is 2.06. The first-order chi connectivity index (χ1) is 10.5. The molecule has 3 aromatic rings. The molecule has 7 heteroatoms. The van der Waals surface area contributed by atoms with E-state index in [4.69, 9.17) is 4.42 Å². The molecule has 112 valence electrons. The van der Waals surface area contributed by atoms with Crippen LogP contribution < -0.4 is 11.2 Å². The minimum absolute atomic E-state index is 0.117. The lowest BCUT2D eigenvalue weighted by Crippen LogP contribution is -2.37. The third kappa shape index (κ3) is 2.56. The molecule has 0 saturated heterocycles. The molecule has 0 saturated carbocycles. The van der Waals surface area contributed by atoms with Gasteiger partial charge in [0.2, 0.25) is 5.89 Å². The van der Waals surface area contributed by atoms with E-state index in [2.05, 4.69) is 4.98 Å². The summed E-state index contributed by atoms with van der Waals surface area (Å²) in [6, 6.07) is 7.85. The van der Waals surface area contributed by atoms with Crippen molar-refractivity contribution in [2.24, 2.45) is 7.05 Å². The number of benzene rings is 1. The quantitative estimate of drug-likeness (QED) is 0.778. The highest BCUT2D eigenvalue weighted by molar-refractivity contribution is 5.55. The highest BCUT2D eigenvalue weighted by Gasteiger charge is 2.09. The smallest absolute Gasteiger partial charge is 0.331 e. The fourth-order valence-electron chi connectivity index (χ4n) is 2.06. The Labute approximate surface area is 124 Å². The molecule has 1 N–H and O–H groups in total. The summed E-state index contributed by atoms with van der Waals surface area (Å²) in [5.74, 6) is 0.468. The Balaban J connectivity index is 1.91. The van der Waals surface area contributed by atoms with Gasteiger partial charge < -0.3 is 9.52 Å². The Morgan fingerprint density at radius 1 is 1.27 bits per heavy atom. The van der Waals surface area contributed by atoms with Gasteiger partial charge >= 0.3 is 5.69 Å². The topological polar surface area (TPSA) is 90.3 Å². The first-order valence-corrected chi connectivity index (χ1v) is 6.55. The third-order valence-electron chi connectivity index (χ3n) is 3.24. The summed E-state index contributed by atoms with van der Waals surface area (Å²) < 4.78 is 7.76. The molecule has 0 aliphatic heterocycles. The molecule has 3 rings (SSSR count). The largest absolute Gasteiger partial charge is 0.508 e. The number of aromatic hydroxyl groups is 1. The second-order valence-electron chi connectivity index (χ2n) is 4.82. The van der Waals surface area contributed by atoms with Gasteiger partial charge in [-0.15, -0.1) is 0 Å². The Kier molecular flexibility index (Phi) is 3.38. The Bertz CT molecular complexity index is 936. The molecular weight excluding hydrogens is 286 g/mol. The van der Waals surface area contributed by atoms with Crippen LogP contribution in [0.15, 0.2) is 56.8 Å². The molecule has 1 aromatic carbocycles. The van der Waals surface area contributed by atoms with E-state index in [1.165, 1.54) is 36.2 Å². The molecule has 0 aliphatic carbocycles. The summed E-state index contributed by atoms with van der Waals surface area (Å²) in [7, 11) is 1.42. The maximum Gasteiger partial charge on any atom is 0.331 e. The van der Waals surface area contributed by atoms with E-state index in [0.717, 1.165) is 4.57 Å². The van der Waals surface area contributed by atoms with Gasteiger partial charge in [0.15, 0.2) is 0 Å². The van der Waals surface area contributed by atoms with Crippen LogP contribution in [0.1, 0.15) is 5.69 Å². The normalized spacial score (nSPS) is 10.8. The van der Waals surface area contributed by atoms with Gasteiger partial charge in [-0.1, -0.05) is 6.07 Å². The van der Waals surface area contributed by atoms with E-state index < -0.39 is 5.69 Å². The molecule has 0 radical (unpaired) electrons. The van der Waals surface area contributed by atoms with Gasteiger partial charge in [-0.3, -0.25) is 13.9 Å². The van der Waals surface area contributed by atoms with Crippen LogP contribution in [-0.4, -0.2) is 19.2 Å². The van der Waals surface area contributed by atoms with E-state index in [-0.39, 0.29) is 17.9 Å². The van der Waals surface area contributed by atoms with Crippen LogP contribution in [0, 0.1) is 0 Å². The monoisotopic (exact) mass is 299 g/mol. The molecular formula is C15H13N3O4. The van der Waals surface area contributed by atoms with Crippen molar-refractivity contribution in [1.29, 1.82) is 0 Å². The molecule has 2 heterocycles. The van der Waals surface area contributed by atoms with Gasteiger partial charge in [-0.2, -0.15) is 0 Å². The highest BCUT2D eigenvalue weighted by Crippen LogP contribution is 2.22. The number of phenols is 1. The van der Waals surface area contributed by atoms with Gasteiger partial charge in [0.05, 0.1) is 12.2 Å². The summed E-state index contributed by atoms with van der Waals surface area (Å²) in [5, 5.41) is 9.46. The Hall–Kier alpha value is -3.09. The minimum Gasteiger partial charge on any atom is -0.508 e. The SMILES string of the molecule is Cn1c(=O)ccn(Cc2coc(-c3cccc(O)c3)n2)c1=O. The van der Waals surface area contributed by atoms with Crippen molar-refractivity contribution in [3.05, 3.63) is 69.3 Å². The van der Waals surface area contributed by atoms with Crippen molar-refractivity contribution in [2.75, 3.05) is 0 Å². The molecule has 0 atom stereocenters. The van der Waals surface area contributed by atoms with E-state index >= 15 is 0 Å². The molecule has 0 fully saturated rings. The molecule has 7 nitrogen and oxygen atoms in total. The number of aromatic nitrogens is 3. The second kappa shape index (κ2) is 5.36. The first-order valence-electron chi connectivity index (χ1n) is 6.55. The van der Waals surface area contributed by atoms with Crippen molar-refractivity contribution >= 4 is 0 Å². The Morgan fingerprint density at radius 2 is 2.09 bits per heavy atom. The highest BCUT2D eigenvalue weighted by atomic mass is 16.3. The maximum absolute atomic E-state index is 11.9. The van der Waals surface area contributed by atoms with E-state index in [1.54, 1.807) is 18.2 Å². The predicted octanol–water partition coefficient (Wildman–Crippen LogP) is 0.956. The summed E-state index contributed by atoms with van der Waals surface area (Å²) >= 11 is 0. The summed E-state index contributed by atoms with van der Waals surface area (Å²) in [6.45, 7) is 0.190. The molecule has 0 aliphatic rings. The van der Waals surface area contributed by atoms with Crippen molar-refractivity contribution in [2.45, 2.75) is 6.54 Å². The molecule has 0 bridgehead atoms. The lowest BCUT2D eigenvalue weighted by Gasteiger charge is -2.03. The van der Waals surface area contributed by atoms with Gasteiger partial charge in [0.1, 0.15) is 12.0 Å². The number of hydrogen-bond donors (Lipinski definition) is 1. The summed E-state index contributed by atoms with van der Waals surface area (Å²) in [5.41, 5.74) is 0.398. The second-order valence-corrected chi connectivity index (χ2v) is 4.82. The zero-order valence-corrected chi connectivity index (χ0v) is 11.8. The fraction of sp³-hybridized carbons (Fsp3) is 0.133. The van der Waals surface area contributed by atoms with Gasteiger partial charge in [0, 0.05) is 24.9 Å². The van der Waals surface area contributed by atoms with Crippen molar-refractivity contribution < 1.29 is 9.52 Å². The number of nitrogens with zero attached hydrogens (tertiary/aromatic N) is 3. The van der Waals surface area contributed by atoms with Gasteiger partial charge in [-0.25, -0.2) is 9.78 Å². The maximum atomic E-state index is 11.9. The van der Waals surface area contributed by atoms with Crippen LogP contribution in [0.2, 0.25) is 0 Å². The van der Waals surface area contributed by atoms with Gasteiger partial charge in [-0.05, 0) is 18.2 Å². The zero-order valence-electron chi connectivity index (χ0n) is 11.8. The molecule has 2 aromatic heterocycles. The van der Waals surface area contributed by atoms with E-state index in [0.29, 0.717) is 17.1 Å². The van der Waals surface area contributed by atoms with E-state index in [9.17, 15) is 14.7 Å². The number of oxazole rings is 1. The number of phenolic OH excluding ortho intramolecular Hbond substituents is 1. The first kappa shape index (κ1) is 13.9. The average molecular weight is 299 g/mol. The zero-order chi connectivity index (χ0) is 15.7. The standard InChI is InChI=1S/C15H13N3O4/c1-17-13(20)5-6-18(15(17)21)8-11-9-22-14(16-11)10-3-2-4-12(19)7-10/h2-7,9,19H,8H2,1H3. The van der Waals surface area contributed by atoms with E-state index in [1.807, 2.05) is 0 Å². The molecule has 22 heavy (non-hydrogen) atoms. The number of hydrogen-bond acceptors (Lipinski definition) is 5. The van der Waals surface area contributed by atoms with Crippen LogP contribution in [0.5, 0.6) is 5.75 Å². The van der Waals surface area contributed by atoms with Crippen LogP contribution >= 0.6 is 0 Å². The predicted molar refractivity (Wildman–Crippen MR) is 78.6 cm³/mol. The number of rotatable bonds is 3. The van der Waals surface area contributed by atoms with Crippen LogP contribution in [0.25, 0.3) is 11.5 Å². The Morgan fingerprint density at radius 3 is 2.86 bits per heavy atom. The lowest BCUT2D eigenvalue weighted by atomic mass is 10.2. The minimum atomic E-state index is -0.422. The molecule has 0 spiro atoms. The lowest BCUT2D eigenvalue weighted by molar-refractivity contribution is 0.475. The van der Waals surface area contributed by atoms with Gasteiger partial charge in [0.25, 0.3) is 5.56 Å². The van der Waals surface area contributed by atoms with Crippen LogP contribution in [0.4, 0.5) is 0 Å². The van der Waals surface area contributed by atoms with Crippen molar-refractivity contribution in [3.8, 4) is 17.2 Å². The van der Waals surface area contributed by atoms with Crippen LogP contribution in [0.3, 0.4) is 0 Å².